The lowest BCUT2D eigenvalue weighted by atomic mass is 10.0. The van der Waals surface area contributed by atoms with Crippen molar-refractivity contribution in [1.82, 2.24) is 5.32 Å². The first-order valence-electron chi connectivity index (χ1n) is 6.20. The number of hydrogen-bond donors (Lipinski definition) is 4. The summed E-state index contributed by atoms with van der Waals surface area (Å²) < 4.78 is 37.7. The van der Waals surface area contributed by atoms with Gasteiger partial charge in [-0.1, -0.05) is 19.9 Å². The summed E-state index contributed by atoms with van der Waals surface area (Å²) in [4.78, 5) is 11.7. The van der Waals surface area contributed by atoms with Crippen LogP contribution in [0.25, 0.3) is 0 Å². The van der Waals surface area contributed by atoms with Gasteiger partial charge in [-0.05, 0) is 24.1 Å². The SMILES string of the molecule is CC(C)C(NC(=O)Nc1cccc(C(F)(F)F)c1)C(=N)N. The van der Waals surface area contributed by atoms with Crippen LogP contribution in [0.1, 0.15) is 19.4 Å². The van der Waals surface area contributed by atoms with Gasteiger partial charge >= 0.3 is 12.2 Å². The summed E-state index contributed by atoms with van der Waals surface area (Å²) in [6.07, 6.45) is -4.48. The van der Waals surface area contributed by atoms with Crippen molar-refractivity contribution < 1.29 is 18.0 Å². The Morgan fingerprint density at radius 2 is 1.95 bits per heavy atom. The zero-order chi connectivity index (χ0) is 16.2. The van der Waals surface area contributed by atoms with E-state index in [2.05, 4.69) is 10.6 Å². The molecule has 1 atom stereocenters. The first-order valence-corrected chi connectivity index (χ1v) is 6.20. The van der Waals surface area contributed by atoms with Gasteiger partial charge in [0.1, 0.15) is 5.84 Å². The van der Waals surface area contributed by atoms with Crippen LogP contribution in [0.5, 0.6) is 0 Å². The maximum Gasteiger partial charge on any atom is 0.416 e. The molecule has 1 rings (SSSR count). The molecule has 1 unspecified atom stereocenters. The Morgan fingerprint density at radius 1 is 1.33 bits per heavy atom. The topological polar surface area (TPSA) is 91.0 Å². The van der Waals surface area contributed by atoms with Crippen LogP contribution in [0.4, 0.5) is 23.7 Å². The van der Waals surface area contributed by atoms with Gasteiger partial charge < -0.3 is 16.4 Å². The van der Waals surface area contributed by atoms with E-state index in [0.717, 1.165) is 12.1 Å². The fraction of sp³-hybridized carbons (Fsp3) is 0.385. The second-order valence-corrected chi connectivity index (χ2v) is 4.85. The first-order chi connectivity index (χ1) is 9.61. The zero-order valence-electron chi connectivity index (χ0n) is 11.6. The van der Waals surface area contributed by atoms with Gasteiger partial charge in [0, 0.05) is 5.69 Å². The van der Waals surface area contributed by atoms with Crippen LogP contribution in [0.3, 0.4) is 0 Å². The monoisotopic (exact) mass is 302 g/mol. The third kappa shape index (κ3) is 4.97. The molecular formula is C13H17F3N4O. The Hall–Kier alpha value is -2.25. The van der Waals surface area contributed by atoms with E-state index >= 15 is 0 Å². The third-order valence-electron chi connectivity index (χ3n) is 2.74. The number of rotatable bonds is 4. The molecule has 0 radical (unpaired) electrons. The van der Waals surface area contributed by atoms with Crippen LogP contribution in [0.15, 0.2) is 24.3 Å². The van der Waals surface area contributed by atoms with Crippen molar-refractivity contribution in [1.29, 1.82) is 5.41 Å². The molecule has 0 aliphatic carbocycles. The molecule has 0 saturated heterocycles. The molecule has 2 amide bonds. The Labute approximate surface area is 120 Å². The van der Waals surface area contributed by atoms with E-state index in [1.54, 1.807) is 13.8 Å². The molecule has 5 nitrogen and oxygen atoms in total. The van der Waals surface area contributed by atoms with Gasteiger partial charge in [0.25, 0.3) is 0 Å². The summed E-state index contributed by atoms with van der Waals surface area (Å²) in [5.41, 5.74) is 4.51. The highest BCUT2D eigenvalue weighted by Crippen LogP contribution is 2.30. The molecule has 5 N–H and O–H groups in total. The third-order valence-corrected chi connectivity index (χ3v) is 2.74. The van der Waals surface area contributed by atoms with Crippen LogP contribution in [0.2, 0.25) is 0 Å². The molecule has 1 aromatic carbocycles. The second kappa shape index (κ2) is 6.47. The normalized spacial score (nSPS) is 12.9. The van der Waals surface area contributed by atoms with Gasteiger partial charge in [0.05, 0.1) is 11.6 Å². The summed E-state index contributed by atoms with van der Waals surface area (Å²) in [5.74, 6) is -0.334. The number of hydrogen-bond acceptors (Lipinski definition) is 2. The van der Waals surface area contributed by atoms with Gasteiger partial charge in [-0.15, -0.1) is 0 Å². The predicted molar refractivity (Wildman–Crippen MR) is 74.1 cm³/mol. The van der Waals surface area contributed by atoms with E-state index in [9.17, 15) is 18.0 Å². The lowest BCUT2D eigenvalue weighted by molar-refractivity contribution is -0.137. The summed E-state index contributed by atoms with van der Waals surface area (Å²) in [7, 11) is 0. The Morgan fingerprint density at radius 3 is 2.43 bits per heavy atom. The minimum atomic E-state index is -4.48. The maximum absolute atomic E-state index is 12.6. The lowest BCUT2D eigenvalue weighted by Gasteiger charge is -2.21. The number of nitrogens with two attached hydrogens (primary N) is 1. The molecule has 0 aliphatic heterocycles. The number of anilines is 1. The van der Waals surface area contributed by atoms with Gasteiger partial charge in [-0.25, -0.2) is 4.79 Å². The summed E-state index contributed by atoms with van der Waals surface area (Å²) in [5, 5.41) is 12.1. The van der Waals surface area contributed by atoms with E-state index in [4.69, 9.17) is 11.1 Å². The van der Waals surface area contributed by atoms with E-state index < -0.39 is 23.8 Å². The van der Waals surface area contributed by atoms with Crippen LogP contribution in [-0.4, -0.2) is 17.9 Å². The van der Waals surface area contributed by atoms with Gasteiger partial charge in [-0.2, -0.15) is 13.2 Å². The number of amidine groups is 1. The van der Waals surface area contributed by atoms with Crippen molar-refractivity contribution in [3.8, 4) is 0 Å². The van der Waals surface area contributed by atoms with Crippen LogP contribution < -0.4 is 16.4 Å². The van der Waals surface area contributed by atoms with Crippen LogP contribution in [-0.2, 0) is 6.18 Å². The standard InChI is InChI=1S/C13H17F3N4O/c1-7(2)10(11(17)18)20-12(21)19-9-5-3-4-8(6-9)13(14,15)16/h3-7,10H,1-2H3,(H3,17,18)(H2,19,20,21). The molecule has 0 fully saturated rings. The number of benzene rings is 1. The highest BCUT2D eigenvalue weighted by atomic mass is 19.4. The Kier molecular flexibility index (Phi) is 5.17. The van der Waals surface area contributed by atoms with E-state index in [0.29, 0.717) is 0 Å². The molecule has 21 heavy (non-hydrogen) atoms. The number of nitrogens with one attached hydrogen (secondary N) is 3. The van der Waals surface area contributed by atoms with Crippen molar-refractivity contribution in [2.75, 3.05) is 5.32 Å². The van der Waals surface area contributed by atoms with Crippen molar-refractivity contribution in [2.45, 2.75) is 26.1 Å². The highest BCUT2D eigenvalue weighted by molar-refractivity contribution is 5.94. The average Bonchev–Trinajstić information content (AvgIpc) is 2.34. The Bertz CT molecular complexity index is 528. The predicted octanol–water partition coefficient (Wildman–Crippen LogP) is 2.79. The molecule has 0 bridgehead atoms. The molecule has 1 aromatic rings. The molecule has 0 heterocycles. The number of carbonyl (C=O) groups excluding carboxylic acids is 1. The lowest BCUT2D eigenvalue weighted by Crippen LogP contribution is -2.48. The molecule has 116 valence electrons. The summed E-state index contributed by atoms with van der Waals surface area (Å²) in [6.45, 7) is 3.52. The number of halogens is 3. The Balaban J connectivity index is 2.77. The molecule has 0 aromatic heterocycles. The fourth-order valence-corrected chi connectivity index (χ4v) is 1.69. The van der Waals surface area contributed by atoms with Gasteiger partial charge in [0.15, 0.2) is 0 Å². The molecule has 8 heteroatoms. The molecular weight excluding hydrogens is 285 g/mol. The first kappa shape index (κ1) is 16.8. The van der Waals surface area contributed by atoms with E-state index in [-0.39, 0.29) is 17.4 Å². The summed E-state index contributed by atoms with van der Waals surface area (Å²) >= 11 is 0. The number of carbonyl (C=O) groups is 1. The molecule has 0 saturated carbocycles. The van der Waals surface area contributed by atoms with Crippen molar-refractivity contribution in [3.05, 3.63) is 29.8 Å². The average molecular weight is 302 g/mol. The van der Waals surface area contributed by atoms with E-state index in [1.807, 2.05) is 0 Å². The smallest absolute Gasteiger partial charge is 0.386 e. The van der Waals surface area contributed by atoms with Gasteiger partial charge in [0.2, 0.25) is 0 Å². The van der Waals surface area contributed by atoms with Crippen LogP contribution in [0, 0.1) is 11.3 Å². The van der Waals surface area contributed by atoms with Gasteiger partial charge in [-0.3, -0.25) is 5.41 Å². The van der Waals surface area contributed by atoms with E-state index in [1.165, 1.54) is 12.1 Å². The highest BCUT2D eigenvalue weighted by Gasteiger charge is 2.30. The number of alkyl halides is 3. The van der Waals surface area contributed by atoms with Crippen molar-refractivity contribution >= 4 is 17.6 Å². The molecule has 0 aliphatic rings. The van der Waals surface area contributed by atoms with Crippen molar-refractivity contribution in [3.63, 3.8) is 0 Å². The van der Waals surface area contributed by atoms with Crippen LogP contribution >= 0.6 is 0 Å². The minimum absolute atomic E-state index is 0.00776. The maximum atomic E-state index is 12.6. The molecule has 0 spiro atoms. The zero-order valence-corrected chi connectivity index (χ0v) is 11.6. The van der Waals surface area contributed by atoms with Crippen molar-refractivity contribution in [2.24, 2.45) is 11.7 Å². The largest absolute Gasteiger partial charge is 0.416 e. The quantitative estimate of drug-likeness (QED) is 0.509. The summed E-state index contributed by atoms with van der Waals surface area (Å²) in [6, 6.07) is 2.88. The number of amides is 2. The fourth-order valence-electron chi connectivity index (χ4n) is 1.69. The number of urea groups is 1. The second-order valence-electron chi connectivity index (χ2n) is 4.85. The minimum Gasteiger partial charge on any atom is -0.386 e.